The number of likely N-dealkylation sites (tertiary alicyclic amines) is 1. The van der Waals surface area contributed by atoms with E-state index in [0.717, 1.165) is 62.3 Å². The van der Waals surface area contributed by atoms with Crippen LogP contribution in [0.3, 0.4) is 0 Å². The second-order valence-corrected chi connectivity index (χ2v) is 9.36. The summed E-state index contributed by atoms with van der Waals surface area (Å²) >= 11 is 0. The maximum Gasteiger partial charge on any atom is 0.112 e. The molecule has 6 heteroatoms. The van der Waals surface area contributed by atoms with Crippen molar-refractivity contribution in [2.45, 2.75) is 43.8 Å². The van der Waals surface area contributed by atoms with Crippen LogP contribution in [0.4, 0.5) is 0 Å². The molecule has 1 aliphatic carbocycles. The third-order valence-electron chi connectivity index (χ3n) is 7.76. The molecule has 1 saturated heterocycles. The van der Waals surface area contributed by atoms with Crippen LogP contribution in [-0.2, 0) is 6.42 Å². The maximum absolute atomic E-state index is 9.92. The van der Waals surface area contributed by atoms with E-state index in [4.69, 9.17) is 5.73 Å². The van der Waals surface area contributed by atoms with Crippen LogP contribution < -0.4 is 16.5 Å². The number of aliphatic hydroxyl groups is 1. The Hall–Kier alpha value is -2.41. The summed E-state index contributed by atoms with van der Waals surface area (Å²) in [5.41, 5.74) is 15.2. The van der Waals surface area contributed by atoms with Gasteiger partial charge in [0, 0.05) is 56.4 Å². The first-order chi connectivity index (χ1) is 15.1. The largest absolute Gasteiger partial charge is 0.396 e. The van der Waals surface area contributed by atoms with Crippen LogP contribution in [0.2, 0.25) is 0 Å². The topological polar surface area (TPSA) is 85.9 Å². The van der Waals surface area contributed by atoms with Gasteiger partial charge in [-0.15, -0.1) is 0 Å². The normalized spacial score (nSPS) is 29.2. The Morgan fingerprint density at radius 2 is 2.10 bits per heavy atom. The van der Waals surface area contributed by atoms with E-state index in [-0.39, 0.29) is 18.1 Å². The molecule has 0 bridgehead atoms. The number of aliphatic hydroxyl groups excluding tert-OH is 1. The number of benzene rings is 1. The van der Waals surface area contributed by atoms with Crippen LogP contribution in [-0.4, -0.2) is 47.6 Å². The minimum absolute atomic E-state index is 0.109. The zero-order valence-corrected chi connectivity index (χ0v) is 18.1. The van der Waals surface area contributed by atoms with Gasteiger partial charge in [0.05, 0.1) is 5.71 Å². The van der Waals surface area contributed by atoms with Crippen molar-refractivity contribution >= 4 is 5.71 Å². The fourth-order valence-corrected chi connectivity index (χ4v) is 5.87. The molecule has 0 radical (unpaired) electrons. The zero-order valence-electron chi connectivity index (χ0n) is 18.1. The lowest BCUT2D eigenvalue weighted by Gasteiger charge is -2.51. The molecular formula is C25H33N5O. The first-order valence-corrected chi connectivity index (χ1v) is 11.4. The minimum atomic E-state index is -0.411. The number of nitrogens with one attached hydrogen (secondary N) is 2. The molecule has 5 N–H and O–H groups in total. The molecule has 0 amide bonds. The first kappa shape index (κ1) is 20.5. The average Bonchev–Trinajstić information content (AvgIpc) is 3.42. The van der Waals surface area contributed by atoms with E-state index in [0.29, 0.717) is 6.42 Å². The van der Waals surface area contributed by atoms with Crippen molar-refractivity contribution < 1.29 is 5.11 Å². The Bertz CT molecular complexity index is 956. The van der Waals surface area contributed by atoms with Crippen LogP contribution >= 0.6 is 0 Å². The Labute approximate surface area is 184 Å². The molecule has 3 heterocycles. The molecule has 1 spiro atoms. The minimum Gasteiger partial charge on any atom is -0.396 e. The van der Waals surface area contributed by atoms with Crippen molar-refractivity contribution in [1.29, 1.82) is 0 Å². The lowest BCUT2D eigenvalue weighted by atomic mass is 9.72. The molecule has 164 valence electrons. The number of dihydropyridines is 1. The number of allylic oxidation sites excluding steroid dienone is 3. The number of piperidine rings is 1. The molecule has 4 aliphatic rings. The fourth-order valence-electron chi connectivity index (χ4n) is 5.87. The smallest absolute Gasteiger partial charge is 0.112 e. The molecule has 5 rings (SSSR count). The number of hydrogen-bond acceptors (Lipinski definition) is 6. The van der Waals surface area contributed by atoms with Crippen molar-refractivity contribution in [2.24, 2.45) is 16.3 Å². The number of fused-ring (bicyclic) bond motifs is 1. The fraction of sp³-hybridized carbons (Fsp3) is 0.480. The van der Waals surface area contributed by atoms with Crippen molar-refractivity contribution in [1.82, 2.24) is 15.6 Å². The van der Waals surface area contributed by atoms with Gasteiger partial charge in [-0.1, -0.05) is 36.9 Å². The van der Waals surface area contributed by atoms with Gasteiger partial charge in [0.1, 0.15) is 5.66 Å². The highest BCUT2D eigenvalue weighted by Crippen LogP contribution is 2.51. The van der Waals surface area contributed by atoms with Crippen LogP contribution in [0.1, 0.15) is 42.9 Å². The van der Waals surface area contributed by atoms with E-state index in [2.05, 4.69) is 69.8 Å². The van der Waals surface area contributed by atoms with Crippen LogP contribution in [0.25, 0.3) is 0 Å². The predicted molar refractivity (Wildman–Crippen MR) is 124 cm³/mol. The Balaban J connectivity index is 1.33. The van der Waals surface area contributed by atoms with E-state index in [9.17, 15) is 5.11 Å². The number of hydrazone groups is 1. The van der Waals surface area contributed by atoms with Crippen LogP contribution in [0.5, 0.6) is 0 Å². The Kier molecular flexibility index (Phi) is 5.24. The van der Waals surface area contributed by atoms with Crippen LogP contribution in [0.15, 0.2) is 65.4 Å². The molecule has 0 saturated carbocycles. The third-order valence-corrected chi connectivity index (χ3v) is 7.76. The van der Waals surface area contributed by atoms with E-state index < -0.39 is 5.66 Å². The van der Waals surface area contributed by atoms with Gasteiger partial charge in [0.2, 0.25) is 0 Å². The standard InChI is InChI=1S/C25H33N5O/c1-18(22-8-13-27-29-22)21-7-4-9-25(28-21,12-16-31)30-14-10-24(11-15-30)17-19-5-2-3-6-20(19)23(24)26/h2-7,9,23,27-28,31H,1,8,10-17,26H2/t23?,25-/m1/s1. The van der Waals surface area contributed by atoms with Gasteiger partial charge in [0.15, 0.2) is 0 Å². The van der Waals surface area contributed by atoms with Gasteiger partial charge < -0.3 is 21.6 Å². The van der Waals surface area contributed by atoms with Crippen LogP contribution in [0, 0.1) is 5.41 Å². The summed E-state index contributed by atoms with van der Waals surface area (Å²) in [7, 11) is 0. The van der Waals surface area contributed by atoms with Gasteiger partial charge in [0.25, 0.3) is 0 Å². The summed E-state index contributed by atoms with van der Waals surface area (Å²) in [5.74, 6) is 0. The highest BCUT2D eigenvalue weighted by Gasteiger charge is 2.48. The molecule has 2 atom stereocenters. The lowest BCUT2D eigenvalue weighted by molar-refractivity contribution is 0.00856. The molecule has 31 heavy (non-hydrogen) atoms. The number of nitrogens with two attached hydrogens (primary N) is 1. The lowest BCUT2D eigenvalue weighted by Crippen LogP contribution is -2.62. The van der Waals surface area contributed by atoms with Gasteiger partial charge in [-0.05, 0) is 48.0 Å². The zero-order chi connectivity index (χ0) is 21.5. The van der Waals surface area contributed by atoms with E-state index in [1.54, 1.807) is 0 Å². The monoisotopic (exact) mass is 419 g/mol. The number of rotatable bonds is 5. The Morgan fingerprint density at radius 3 is 2.81 bits per heavy atom. The molecule has 1 fully saturated rings. The number of nitrogens with zero attached hydrogens (tertiary/aromatic N) is 2. The molecule has 0 aromatic heterocycles. The summed E-state index contributed by atoms with van der Waals surface area (Å²) in [6, 6.07) is 8.77. The van der Waals surface area contributed by atoms with Gasteiger partial charge in [-0.25, -0.2) is 0 Å². The summed E-state index contributed by atoms with van der Waals surface area (Å²) in [4.78, 5) is 2.48. The summed E-state index contributed by atoms with van der Waals surface area (Å²) in [6.07, 6.45) is 11.0. The van der Waals surface area contributed by atoms with E-state index >= 15 is 0 Å². The molecule has 1 aromatic rings. The van der Waals surface area contributed by atoms with E-state index in [1.807, 2.05) is 0 Å². The van der Waals surface area contributed by atoms with Crippen molar-refractivity contribution in [3.05, 3.63) is 71.5 Å². The molecule has 6 nitrogen and oxygen atoms in total. The van der Waals surface area contributed by atoms with E-state index in [1.165, 1.54) is 11.1 Å². The number of hydrogen-bond donors (Lipinski definition) is 4. The highest BCUT2D eigenvalue weighted by molar-refractivity contribution is 6.04. The summed E-state index contributed by atoms with van der Waals surface area (Å²) in [6.45, 7) is 7.15. The summed E-state index contributed by atoms with van der Waals surface area (Å²) in [5, 5.41) is 18.0. The quantitative estimate of drug-likeness (QED) is 0.589. The van der Waals surface area contributed by atoms with Crippen molar-refractivity contribution in [2.75, 3.05) is 26.2 Å². The molecular weight excluding hydrogens is 386 g/mol. The van der Waals surface area contributed by atoms with Crippen molar-refractivity contribution in [3.63, 3.8) is 0 Å². The maximum atomic E-state index is 9.92. The van der Waals surface area contributed by atoms with Gasteiger partial charge >= 0.3 is 0 Å². The SMILES string of the molecule is C=C(C1=CC=C[C@](CCO)(N2CCC3(CC2)Cc2ccccc2C3N)N1)C1=NNCC1. The second kappa shape index (κ2) is 7.93. The predicted octanol–water partition coefficient (Wildman–Crippen LogP) is 2.35. The summed E-state index contributed by atoms with van der Waals surface area (Å²) < 4.78 is 0. The first-order valence-electron chi connectivity index (χ1n) is 11.4. The highest BCUT2D eigenvalue weighted by atomic mass is 16.3. The Morgan fingerprint density at radius 1 is 1.29 bits per heavy atom. The van der Waals surface area contributed by atoms with Gasteiger partial charge in [-0.3, -0.25) is 4.90 Å². The molecule has 1 unspecified atom stereocenters. The van der Waals surface area contributed by atoms with Crippen molar-refractivity contribution in [3.8, 4) is 0 Å². The molecule has 3 aliphatic heterocycles. The second-order valence-electron chi connectivity index (χ2n) is 9.36. The van der Waals surface area contributed by atoms with Gasteiger partial charge in [-0.2, -0.15) is 5.10 Å². The molecule has 1 aromatic carbocycles. The average molecular weight is 420 g/mol. The third kappa shape index (κ3) is 3.43.